The minimum atomic E-state index is -0.447. The van der Waals surface area contributed by atoms with Crippen molar-refractivity contribution < 1.29 is 13.7 Å². The summed E-state index contributed by atoms with van der Waals surface area (Å²) in [6, 6.07) is 3.84. The Morgan fingerprint density at radius 2 is 2.17 bits per heavy atom. The van der Waals surface area contributed by atoms with Crippen LogP contribution in [0.1, 0.15) is 18.4 Å². The van der Waals surface area contributed by atoms with Crippen LogP contribution in [-0.2, 0) is 4.74 Å². The van der Waals surface area contributed by atoms with Crippen LogP contribution in [0, 0.1) is 19.7 Å². The number of anilines is 1. The second-order valence-corrected chi connectivity index (χ2v) is 7.49. The predicted octanol–water partition coefficient (Wildman–Crippen LogP) is 3.66. The van der Waals surface area contributed by atoms with Gasteiger partial charge in [0.25, 0.3) is 0 Å². The first kappa shape index (κ1) is 18.7. The average Bonchev–Trinajstić information content (AvgIpc) is 3.38. The summed E-state index contributed by atoms with van der Waals surface area (Å²) in [4.78, 5) is 11.4. The molecule has 1 aliphatic heterocycles. The van der Waals surface area contributed by atoms with Crippen LogP contribution in [0.4, 0.5) is 10.2 Å². The van der Waals surface area contributed by atoms with Gasteiger partial charge in [-0.15, -0.1) is 0 Å². The third-order valence-corrected chi connectivity index (χ3v) is 5.50. The number of halogens is 1. The SMILES string of the molecule is Cc1noc(C)c1-c1cc(N2CCOC[C@H]2C)nc2c(-c3ccn[nH]3)ncc(F)c12. The van der Waals surface area contributed by atoms with E-state index in [4.69, 9.17) is 14.2 Å². The highest BCUT2D eigenvalue weighted by atomic mass is 19.1. The number of nitrogens with zero attached hydrogens (tertiary/aromatic N) is 5. The highest BCUT2D eigenvalue weighted by Gasteiger charge is 2.26. The van der Waals surface area contributed by atoms with Crippen molar-refractivity contribution in [3.63, 3.8) is 0 Å². The van der Waals surface area contributed by atoms with E-state index in [1.807, 2.05) is 19.9 Å². The van der Waals surface area contributed by atoms with E-state index in [2.05, 4.69) is 32.2 Å². The lowest BCUT2D eigenvalue weighted by molar-refractivity contribution is 0.0986. The third-order valence-electron chi connectivity index (χ3n) is 5.50. The van der Waals surface area contributed by atoms with E-state index < -0.39 is 5.82 Å². The Labute approximate surface area is 172 Å². The monoisotopic (exact) mass is 408 g/mol. The molecule has 30 heavy (non-hydrogen) atoms. The Balaban J connectivity index is 1.86. The molecule has 1 N–H and O–H groups in total. The highest BCUT2D eigenvalue weighted by molar-refractivity contribution is 6.02. The van der Waals surface area contributed by atoms with Crippen molar-refractivity contribution in [3.8, 4) is 22.5 Å². The maximum absolute atomic E-state index is 15.2. The van der Waals surface area contributed by atoms with Crippen LogP contribution in [0.25, 0.3) is 33.4 Å². The molecule has 4 aromatic rings. The van der Waals surface area contributed by atoms with E-state index in [1.54, 1.807) is 12.3 Å². The Bertz CT molecular complexity index is 1200. The van der Waals surface area contributed by atoms with Crippen LogP contribution in [0.5, 0.6) is 0 Å². The molecule has 5 rings (SSSR count). The lowest BCUT2D eigenvalue weighted by Crippen LogP contribution is -2.44. The highest BCUT2D eigenvalue weighted by Crippen LogP contribution is 2.39. The quantitative estimate of drug-likeness (QED) is 0.553. The standard InChI is InChI=1S/C21H21FN6O2/c1-11-10-29-7-6-28(11)17-8-14(18-12(2)27-30-13(18)3)19-15(22)9-23-20(21(19)25-17)16-4-5-24-26-16/h4-5,8-9,11H,6-7,10H2,1-3H3,(H,24,26)/t11-/m1/s1. The van der Waals surface area contributed by atoms with Crippen LogP contribution in [0.15, 0.2) is 29.0 Å². The molecule has 9 heteroatoms. The Hall–Kier alpha value is -3.33. The number of aromatic nitrogens is 5. The molecule has 8 nitrogen and oxygen atoms in total. The van der Waals surface area contributed by atoms with Crippen molar-refractivity contribution in [3.05, 3.63) is 41.8 Å². The van der Waals surface area contributed by atoms with Crippen LogP contribution in [-0.4, -0.2) is 51.1 Å². The lowest BCUT2D eigenvalue weighted by atomic mass is 9.98. The molecular weight excluding hydrogens is 387 g/mol. The zero-order chi connectivity index (χ0) is 20.8. The maximum atomic E-state index is 15.2. The number of rotatable bonds is 3. The smallest absolute Gasteiger partial charge is 0.151 e. The van der Waals surface area contributed by atoms with Crippen LogP contribution in [0.2, 0.25) is 0 Å². The first-order valence-electron chi connectivity index (χ1n) is 9.81. The molecule has 1 aliphatic rings. The number of nitrogens with one attached hydrogen (secondary N) is 1. The van der Waals surface area contributed by atoms with Crippen molar-refractivity contribution in [1.29, 1.82) is 0 Å². The fourth-order valence-electron chi connectivity index (χ4n) is 4.06. The van der Waals surface area contributed by atoms with Gasteiger partial charge in [-0.05, 0) is 32.9 Å². The Morgan fingerprint density at radius 3 is 2.87 bits per heavy atom. The zero-order valence-electron chi connectivity index (χ0n) is 16.9. The molecule has 1 atom stereocenters. The van der Waals surface area contributed by atoms with Crippen molar-refractivity contribution in [1.82, 2.24) is 25.3 Å². The number of ether oxygens (including phenoxy) is 1. The van der Waals surface area contributed by atoms with Gasteiger partial charge in [0.05, 0.1) is 36.8 Å². The largest absolute Gasteiger partial charge is 0.377 e. The second kappa shape index (κ2) is 7.17. The summed E-state index contributed by atoms with van der Waals surface area (Å²) in [5.74, 6) is 0.916. The summed E-state index contributed by atoms with van der Waals surface area (Å²) in [5.41, 5.74) is 3.82. The van der Waals surface area contributed by atoms with E-state index in [0.717, 1.165) is 11.4 Å². The summed E-state index contributed by atoms with van der Waals surface area (Å²) in [5, 5.41) is 11.4. The van der Waals surface area contributed by atoms with Gasteiger partial charge >= 0.3 is 0 Å². The third kappa shape index (κ3) is 2.93. The summed E-state index contributed by atoms with van der Waals surface area (Å²) in [6.45, 7) is 7.68. The van der Waals surface area contributed by atoms with E-state index in [1.165, 1.54) is 6.20 Å². The van der Waals surface area contributed by atoms with Crippen molar-refractivity contribution in [2.45, 2.75) is 26.8 Å². The molecule has 154 valence electrons. The Kier molecular flexibility index (Phi) is 4.47. The van der Waals surface area contributed by atoms with Crippen LogP contribution in [0.3, 0.4) is 0 Å². The molecular formula is C21H21FN6O2. The van der Waals surface area contributed by atoms with Crippen LogP contribution >= 0.6 is 0 Å². The molecule has 4 aromatic heterocycles. The topological polar surface area (TPSA) is 93.0 Å². The van der Waals surface area contributed by atoms with E-state index in [0.29, 0.717) is 59.1 Å². The van der Waals surface area contributed by atoms with Gasteiger partial charge in [0.1, 0.15) is 22.8 Å². The van der Waals surface area contributed by atoms with Crippen molar-refractivity contribution in [2.24, 2.45) is 0 Å². The van der Waals surface area contributed by atoms with Gasteiger partial charge in [-0.2, -0.15) is 5.10 Å². The fraction of sp³-hybridized carbons (Fsp3) is 0.333. The molecule has 1 fully saturated rings. The number of aromatic amines is 1. The van der Waals surface area contributed by atoms with E-state index >= 15 is 4.39 Å². The zero-order valence-corrected chi connectivity index (χ0v) is 16.9. The molecule has 0 unspecified atom stereocenters. The summed E-state index contributed by atoms with van der Waals surface area (Å²) in [6.07, 6.45) is 2.86. The molecule has 5 heterocycles. The van der Waals surface area contributed by atoms with Gasteiger partial charge < -0.3 is 14.2 Å². The van der Waals surface area contributed by atoms with Gasteiger partial charge in [0, 0.05) is 29.3 Å². The number of hydrogen-bond donors (Lipinski definition) is 1. The number of fused-ring (bicyclic) bond motifs is 1. The van der Waals surface area contributed by atoms with Crippen molar-refractivity contribution in [2.75, 3.05) is 24.7 Å². The van der Waals surface area contributed by atoms with Crippen molar-refractivity contribution >= 4 is 16.7 Å². The number of morpholine rings is 1. The first-order valence-corrected chi connectivity index (χ1v) is 9.81. The maximum Gasteiger partial charge on any atom is 0.151 e. The van der Waals surface area contributed by atoms with Gasteiger partial charge in [0.2, 0.25) is 0 Å². The molecule has 0 amide bonds. The molecule has 1 saturated heterocycles. The van der Waals surface area contributed by atoms with Crippen LogP contribution < -0.4 is 4.90 Å². The molecule has 0 bridgehead atoms. The van der Waals surface area contributed by atoms with Gasteiger partial charge in [0.15, 0.2) is 5.82 Å². The summed E-state index contributed by atoms with van der Waals surface area (Å²) in [7, 11) is 0. The first-order chi connectivity index (χ1) is 14.5. The van der Waals surface area contributed by atoms with Gasteiger partial charge in [-0.25, -0.2) is 14.4 Å². The minimum absolute atomic E-state index is 0.137. The molecule has 0 radical (unpaired) electrons. The molecule has 0 aliphatic carbocycles. The van der Waals surface area contributed by atoms with E-state index in [-0.39, 0.29) is 6.04 Å². The fourth-order valence-corrected chi connectivity index (χ4v) is 4.06. The number of hydrogen-bond acceptors (Lipinski definition) is 7. The second-order valence-electron chi connectivity index (χ2n) is 7.49. The predicted molar refractivity (Wildman–Crippen MR) is 110 cm³/mol. The normalized spacial score (nSPS) is 17.1. The van der Waals surface area contributed by atoms with Gasteiger partial charge in [-0.1, -0.05) is 5.16 Å². The summed E-state index contributed by atoms with van der Waals surface area (Å²) < 4.78 is 26.1. The number of pyridine rings is 2. The van der Waals surface area contributed by atoms with Gasteiger partial charge in [-0.3, -0.25) is 5.10 Å². The average molecular weight is 408 g/mol. The molecule has 0 spiro atoms. The summed E-state index contributed by atoms with van der Waals surface area (Å²) >= 11 is 0. The number of H-pyrrole nitrogens is 1. The molecule has 0 aromatic carbocycles. The lowest BCUT2D eigenvalue weighted by Gasteiger charge is -2.34. The molecule has 0 saturated carbocycles. The van der Waals surface area contributed by atoms with E-state index in [9.17, 15) is 0 Å². The minimum Gasteiger partial charge on any atom is -0.377 e. The Morgan fingerprint density at radius 1 is 1.30 bits per heavy atom. The number of aryl methyl sites for hydroxylation is 2.